The van der Waals surface area contributed by atoms with Crippen molar-refractivity contribution >= 4 is 22.6 Å². The van der Waals surface area contributed by atoms with Gasteiger partial charge >= 0.3 is 0 Å². The number of aromatic nitrogens is 3. The number of fused-ring (bicyclic) bond motifs is 2. The summed E-state index contributed by atoms with van der Waals surface area (Å²) in [5.41, 5.74) is 4.39. The van der Waals surface area contributed by atoms with E-state index in [0.717, 1.165) is 33.7 Å². The molecule has 116 valence electrons. The quantitative estimate of drug-likeness (QED) is 0.694. The highest BCUT2D eigenvalue weighted by Crippen LogP contribution is 2.43. The number of carbonyl (C=O) groups is 1. The van der Waals surface area contributed by atoms with Crippen LogP contribution in [-0.4, -0.2) is 27.5 Å². The Balaban J connectivity index is 1.99. The summed E-state index contributed by atoms with van der Waals surface area (Å²) in [5, 5.41) is 0. The molecule has 0 saturated carbocycles. The summed E-state index contributed by atoms with van der Waals surface area (Å²) in [6.45, 7) is 3.93. The third kappa shape index (κ3) is 1.76. The minimum atomic E-state index is -0.510. The predicted molar refractivity (Wildman–Crippen MR) is 90.4 cm³/mol. The Morgan fingerprint density at radius 3 is 2.65 bits per heavy atom. The average Bonchev–Trinajstić information content (AvgIpc) is 2.96. The molecule has 0 radical (unpaired) electrons. The molecule has 0 fully saturated rings. The van der Waals surface area contributed by atoms with Crippen LogP contribution in [0.2, 0.25) is 0 Å². The van der Waals surface area contributed by atoms with Gasteiger partial charge in [0.05, 0.1) is 16.4 Å². The molecule has 0 saturated heterocycles. The van der Waals surface area contributed by atoms with Gasteiger partial charge in [0.15, 0.2) is 0 Å². The molecule has 0 spiro atoms. The van der Waals surface area contributed by atoms with E-state index in [2.05, 4.69) is 15.6 Å². The fourth-order valence-electron chi connectivity index (χ4n) is 3.40. The van der Waals surface area contributed by atoms with Crippen molar-refractivity contribution in [1.29, 1.82) is 0 Å². The lowest BCUT2D eigenvalue weighted by atomic mass is 9.86. The molecule has 4 rings (SSSR count). The van der Waals surface area contributed by atoms with Crippen molar-refractivity contribution in [2.24, 2.45) is 7.05 Å². The highest BCUT2D eigenvalue weighted by atomic mass is 16.2. The van der Waals surface area contributed by atoms with E-state index < -0.39 is 5.41 Å². The van der Waals surface area contributed by atoms with Gasteiger partial charge in [-0.05, 0) is 43.7 Å². The minimum Gasteiger partial charge on any atom is -0.327 e. The Hall–Kier alpha value is -2.69. The first-order valence-corrected chi connectivity index (χ1v) is 7.61. The van der Waals surface area contributed by atoms with Crippen LogP contribution >= 0.6 is 0 Å². The normalized spacial score (nSPS) is 16.2. The van der Waals surface area contributed by atoms with E-state index in [9.17, 15) is 4.79 Å². The van der Waals surface area contributed by atoms with Gasteiger partial charge in [0.25, 0.3) is 0 Å². The van der Waals surface area contributed by atoms with E-state index in [1.165, 1.54) is 0 Å². The fraction of sp³-hybridized carbons (Fsp3) is 0.278. The summed E-state index contributed by atoms with van der Waals surface area (Å²) >= 11 is 0. The van der Waals surface area contributed by atoms with Gasteiger partial charge in [-0.15, -0.1) is 0 Å². The molecule has 1 aliphatic heterocycles. The zero-order valence-corrected chi connectivity index (χ0v) is 13.7. The topological polar surface area (TPSA) is 51.0 Å². The van der Waals surface area contributed by atoms with Gasteiger partial charge in [-0.3, -0.25) is 9.78 Å². The lowest BCUT2D eigenvalue weighted by molar-refractivity contribution is -0.121. The maximum absolute atomic E-state index is 12.4. The second-order valence-electron chi connectivity index (χ2n) is 6.58. The number of aryl methyl sites for hydroxylation is 1. The molecule has 3 heterocycles. The van der Waals surface area contributed by atoms with Crippen LogP contribution in [0.25, 0.3) is 22.4 Å². The first-order valence-electron chi connectivity index (χ1n) is 7.61. The van der Waals surface area contributed by atoms with Gasteiger partial charge < -0.3 is 9.47 Å². The molecule has 0 atom stereocenters. The molecule has 3 aromatic rings. The second-order valence-corrected chi connectivity index (χ2v) is 6.58. The van der Waals surface area contributed by atoms with Crippen molar-refractivity contribution < 1.29 is 4.79 Å². The Bertz CT molecular complexity index is 941. The van der Waals surface area contributed by atoms with Crippen molar-refractivity contribution in [3.63, 3.8) is 0 Å². The number of pyridine rings is 1. The molecule has 2 aromatic heterocycles. The van der Waals surface area contributed by atoms with Crippen LogP contribution in [0.15, 0.2) is 36.7 Å². The molecule has 1 amide bonds. The lowest BCUT2D eigenvalue weighted by Crippen LogP contribution is -2.33. The molecule has 5 nitrogen and oxygen atoms in total. The summed E-state index contributed by atoms with van der Waals surface area (Å²) in [4.78, 5) is 23.1. The standard InChI is InChI=1S/C18H18N4O/c1-18(2)12-8-13-15(9-14(12)22(4)17(18)23)21(3)16(20-13)11-6-5-7-19-10-11/h5-10H,1-4H3. The molecule has 0 unspecified atom stereocenters. The zero-order valence-electron chi connectivity index (χ0n) is 13.7. The number of anilines is 1. The number of benzene rings is 1. The van der Waals surface area contributed by atoms with Gasteiger partial charge in [-0.2, -0.15) is 0 Å². The predicted octanol–water partition coefficient (Wildman–Crippen LogP) is 2.89. The van der Waals surface area contributed by atoms with E-state index in [-0.39, 0.29) is 5.91 Å². The van der Waals surface area contributed by atoms with Crippen molar-refractivity contribution in [2.45, 2.75) is 19.3 Å². The van der Waals surface area contributed by atoms with Crippen molar-refractivity contribution in [1.82, 2.24) is 14.5 Å². The summed E-state index contributed by atoms with van der Waals surface area (Å²) < 4.78 is 2.05. The summed E-state index contributed by atoms with van der Waals surface area (Å²) in [5.74, 6) is 0.999. The second kappa shape index (κ2) is 4.41. The number of hydrogen-bond acceptors (Lipinski definition) is 3. The molecule has 1 aliphatic rings. The summed E-state index contributed by atoms with van der Waals surface area (Å²) in [6.07, 6.45) is 3.57. The van der Waals surface area contributed by atoms with E-state index in [0.29, 0.717) is 0 Å². The Morgan fingerprint density at radius 1 is 1.17 bits per heavy atom. The summed E-state index contributed by atoms with van der Waals surface area (Å²) in [6, 6.07) is 8.02. The van der Waals surface area contributed by atoms with Gasteiger partial charge in [0.2, 0.25) is 5.91 Å². The maximum Gasteiger partial charge on any atom is 0.236 e. The first kappa shape index (κ1) is 13.9. The molecule has 23 heavy (non-hydrogen) atoms. The third-order valence-electron chi connectivity index (χ3n) is 4.79. The van der Waals surface area contributed by atoms with Crippen molar-refractivity contribution in [3.8, 4) is 11.4 Å². The average molecular weight is 306 g/mol. The molecule has 1 aromatic carbocycles. The number of nitrogens with zero attached hydrogens (tertiary/aromatic N) is 4. The first-order chi connectivity index (χ1) is 10.9. The van der Waals surface area contributed by atoms with E-state index in [1.54, 1.807) is 11.1 Å². The SMILES string of the molecule is CN1C(=O)C(C)(C)c2cc3nc(-c4cccnc4)n(C)c3cc21. The molecular weight excluding hydrogens is 288 g/mol. The molecule has 5 heteroatoms. The van der Waals surface area contributed by atoms with Crippen LogP contribution in [0.4, 0.5) is 5.69 Å². The molecule has 0 bridgehead atoms. The van der Waals surface area contributed by atoms with Crippen molar-refractivity contribution in [3.05, 3.63) is 42.2 Å². The van der Waals surface area contributed by atoms with Crippen LogP contribution < -0.4 is 4.90 Å². The van der Waals surface area contributed by atoms with Gasteiger partial charge in [0.1, 0.15) is 5.82 Å². The number of imidazole rings is 1. The lowest BCUT2D eigenvalue weighted by Gasteiger charge is -2.16. The third-order valence-corrected chi connectivity index (χ3v) is 4.79. The Labute approximate surface area is 134 Å². The summed E-state index contributed by atoms with van der Waals surface area (Å²) in [7, 11) is 3.83. The minimum absolute atomic E-state index is 0.121. The number of amides is 1. The largest absolute Gasteiger partial charge is 0.327 e. The van der Waals surface area contributed by atoms with Crippen molar-refractivity contribution in [2.75, 3.05) is 11.9 Å². The van der Waals surface area contributed by atoms with Crippen LogP contribution in [-0.2, 0) is 17.3 Å². The maximum atomic E-state index is 12.4. The van der Waals surface area contributed by atoms with Crippen LogP contribution in [0, 0.1) is 0 Å². The van der Waals surface area contributed by atoms with Crippen LogP contribution in [0.5, 0.6) is 0 Å². The number of likely N-dealkylation sites (N-methyl/N-ethyl adjacent to an activating group) is 1. The number of hydrogen-bond donors (Lipinski definition) is 0. The Morgan fingerprint density at radius 2 is 1.96 bits per heavy atom. The van der Waals surface area contributed by atoms with Gasteiger partial charge in [-0.1, -0.05) is 0 Å². The van der Waals surface area contributed by atoms with Gasteiger partial charge in [-0.25, -0.2) is 4.98 Å². The van der Waals surface area contributed by atoms with Crippen LogP contribution in [0.1, 0.15) is 19.4 Å². The van der Waals surface area contributed by atoms with E-state index >= 15 is 0 Å². The zero-order chi connectivity index (χ0) is 16.4. The fourth-order valence-corrected chi connectivity index (χ4v) is 3.40. The number of rotatable bonds is 1. The molecule has 0 N–H and O–H groups in total. The Kier molecular flexibility index (Phi) is 2.67. The molecular formula is C18H18N4O. The van der Waals surface area contributed by atoms with Gasteiger partial charge in [0, 0.05) is 37.7 Å². The van der Waals surface area contributed by atoms with Crippen LogP contribution in [0.3, 0.4) is 0 Å². The van der Waals surface area contributed by atoms with E-state index in [1.807, 2.05) is 52.3 Å². The smallest absolute Gasteiger partial charge is 0.236 e. The monoisotopic (exact) mass is 306 g/mol. The highest BCUT2D eigenvalue weighted by molar-refractivity contribution is 6.09. The highest BCUT2D eigenvalue weighted by Gasteiger charge is 2.42. The van der Waals surface area contributed by atoms with E-state index in [4.69, 9.17) is 4.98 Å². The number of carbonyl (C=O) groups excluding carboxylic acids is 1. The molecule has 0 aliphatic carbocycles.